The van der Waals surface area contributed by atoms with Crippen molar-refractivity contribution in [1.29, 1.82) is 0 Å². The number of anilines is 1. The molecular formula is C29H38N4O3. The number of hydrogen-bond acceptors (Lipinski definition) is 3. The first-order valence-electron chi connectivity index (χ1n) is 13.3. The molecule has 4 amide bonds. The second-order valence-corrected chi connectivity index (χ2v) is 9.70. The molecule has 0 unspecified atom stereocenters. The molecule has 0 saturated carbocycles. The Balaban J connectivity index is 1.42. The fourth-order valence-electron chi connectivity index (χ4n) is 5.37. The van der Waals surface area contributed by atoms with Gasteiger partial charge in [0.15, 0.2) is 0 Å². The van der Waals surface area contributed by atoms with E-state index < -0.39 is 0 Å². The summed E-state index contributed by atoms with van der Waals surface area (Å²) in [4.78, 5) is 44.6. The molecule has 2 aliphatic heterocycles. The van der Waals surface area contributed by atoms with Gasteiger partial charge in [0.1, 0.15) is 6.04 Å². The quantitative estimate of drug-likeness (QED) is 0.647. The van der Waals surface area contributed by atoms with Gasteiger partial charge in [-0.05, 0) is 87.8 Å². The summed E-state index contributed by atoms with van der Waals surface area (Å²) >= 11 is 0. The van der Waals surface area contributed by atoms with E-state index in [1.165, 1.54) is 5.56 Å². The molecule has 0 spiro atoms. The molecule has 1 saturated heterocycles. The number of fused-ring (bicyclic) bond motifs is 1. The van der Waals surface area contributed by atoms with Gasteiger partial charge in [-0.3, -0.25) is 9.59 Å². The predicted octanol–water partition coefficient (Wildman–Crippen LogP) is 4.52. The molecule has 1 atom stereocenters. The van der Waals surface area contributed by atoms with Crippen LogP contribution in [-0.2, 0) is 17.8 Å². The van der Waals surface area contributed by atoms with Crippen molar-refractivity contribution in [2.45, 2.75) is 65.5 Å². The molecule has 1 fully saturated rings. The lowest BCUT2D eigenvalue weighted by Crippen LogP contribution is -2.50. The van der Waals surface area contributed by atoms with Crippen LogP contribution in [0.25, 0.3) is 0 Å². The molecule has 36 heavy (non-hydrogen) atoms. The highest BCUT2D eigenvalue weighted by molar-refractivity contribution is 6.06. The maximum Gasteiger partial charge on any atom is 0.318 e. The van der Waals surface area contributed by atoms with Crippen molar-refractivity contribution < 1.29 is 14.4 Å². The highest BCUT2D eigenvalue weighted by atomic mass is 16.2. The zero-order chi connectivity index (χ0) is 25.7. The van der Waals surface area contributed by atoms with E-state index >= 15 is 0 Å². The maximum absolute atomic E-state index is 13.4. The minimum Gasteiger partial charge on any atom is -0.341 e. The van der Waals surface area contributed by atoms with E-state index in [1.54, 1.807) is 9.80 Å². The number of nitrogens with one attached hydrogen (secondary N) is 1. The molecule has 2 aromatic carbocycles. The van der Waals surface area contributed by atoms with Gasteiger partial charge in [0, 0.05) is 44.0 Å². The van der Waals surface area contributed by atoms with E-state index in [2.05, 4.69) is 11.4 Å². The molecule has 2 heterocycles. The number of carbonyl (C=O) groups is 3. The Morgan fingerprint density at radius 2 is 1.78 bits per heavy atom. The van der Waals surface area contributed by atoms with Gasteiger partial charge in [-0.15, -0.1) is 0 Å². The highest BCUT2D eigenvalue weighted by Crippen LogP contribution is 2.28. The lowest BCUT2D eigenvalue weighted by atomic mass is 10.0. The molecule has 2 aromatic rings. The fourth-order valence-corrected chi connectivity index (χ4v) is 5.37. The van der Waals surface area contributed by atoms with Crippen LogP contribution in [0.4, 0.5) is 10.5 Å². The van der Waals surface area contributed by atoms with Crippen molar-refractivity contribution in [3.8, 4) is 0 Å². The summed E-state index contributed by atoms with van der Waals surface area (Å²) in [6.45, 7) is 8.85. The van der Waals surface area contributed by atoms with Crippen LogP contribution in [0.5, 0.6) is 0 Å². The average molecular weight is 491 g/mol. The second kappa shape index (κ2) is 11.6. The minimum atomic E-state index is -0.387. The lowest BCUT2D eigenvalue weighted by molar-refractivity contribution is -0.134. The molecule has 0 radical (unpaired) electrons. The van der Waals surface area contributed by atoms with Gasteiger partial charge >= 0.3 is 6.03 Å². The van der Waals surface area contributed by atoms with Crippen LogP contribution in [0.2, 0.25) is 0 Å². The van der Waals surface area contributed by atoms with Gasteiger partial charge in [0.05, 0.1) is 0 Å². The largest absolute Gasteiger partial charge is 0.341 e. The summed E-state index contributed by atoms with van der Waals surface area (Å²) in [7, 11) is 0. The lowest BCUT2D eigenvalue weighted by Gasteiger charge is -2.29. The Morgan fingerprint density at radius 3 is 2.53 bits per heavy atom. The number of benzene rings is 2. The minimum absolute atomic E-state index is 0.0119. The molecule has 7 nitrogen and oxygen atoms in total. The summed E-state index contributed by atoms with van der Waals surface area (Å²) in [5, 5.41) is 3.00. The van der Waals surface area contributed by atoms with E-state index in [1.807, 2.05) is 62.1 Å². The number of amides is 4. The number of likely N-dealkylation sites (tertiary alicyclic amines) is 1. The molecule has 2 aliphatic rings. The third-order valence-corrected chi connectivity index (χ3v) is 7.50. The number of para-hydroxylation sites is 1. The Morgan fingerprint density at radius 1 is 1.00 bits per heavy atom. The normalized spacial score (nSPS) is 17.4. The van der Waals surface area contributed by atoms with Crippen LogP contribution in [0, 0.1) is 6.92 Å². The average Bonchev–Trinajstić information content (AvgIpc) is 3.29. The number of nitrogens with zero attached hydrogens (tertiary/aromatic N) is 3. The van der Waals surface area contributed by atoms with E-state index in [9.17, 15) is 14.4 Å². The van der Waals surface area contributed by atoms with Crippen LogP contribution >= 0.6 is 0 Å². The standard InChI is InChI=1S/C29H38N4O3/c1-4-31(5-2)28(35)26-14-10-18-33(26)29(36)30-20-24-16-15-23(19-21(24)3)27(34)32-17-9-8-12-22-11-6-7-13-25(22)32/h6-7,11,13,15-16,19,26H,4-5,8-10,12,14,17-18,20H2,1-3H3,(H,30,36)/t26-/m0/s1. The molecule has 4 rings (SSSR count). The van der Waals surface area contributed by atoms with E-state index in [-0.39, 0.29) is 23.9 Å². The van der Waals surface area contributed by atoms with Crippen LogP contribution < -0.4 is 10.2 Å². The maximum atomic E-state index is 13.4. The molecule has 192 valence electrons. The van der Waals surface area contributed by atoms with Crippen LogP contribution in [0.3, 0.4) is 0 Å². The second-order valence-electron chi connectivity index (χ2n) is 9.70. The zero-order valence-corrected chi connectivity index (χ0v) is 21.8. The van der Waals surface area contributed by atoms with Crippen molar-refractivity contribution in [1.82, 2.24) is 15.1 Å². The third kappa shape index (κ3) is 5.40. The van der Waals surface area contributed by atoms with Crippen LogP contribution in [0.1, 0.15) is 66.6 Å². The van der Waals surface area contributed by atoms with Gasteiger partial charge < -0.3 is 20.0 Å². The topological polar surface area (TPSA) is 73.0 Å². The summed E-state index contributed by atoms with van der Waals surface area (Å²) in [6, 6.07) is 13.3. The Bertz CT molecular complexity index is 1110. The van der Waals surface area contributed by atoms with E-state index in [4.69, 9.17) is 0 Å². The first kappa shape index (κ1) is 25.7. The summed E-state index contributed by atoms with van der Waals surface area (Å²) in [5.74, 6) is 0.0413. The summed E-state index contributed by atoms with van der Waals surface area (Å²) < 4.78 is 0. The predicted molar refractivity (Wildman–Crippen MR) is 142 cm³/mol. The van der Waals surface area contributed by atoms with Crippen molar-refractivity contribution in [3.05, 3.63) is 64.7 Å². The number of hydrogen-bond donors (Lipinski definition) is 1. The first-order valence-corrected chi connectivity index (χ1v) is 13.3. The summed E-state index contributed by atoms with van der Waals surface area (Å²) in [5.41, 5.74) is 4.81. The molecule has 7 heteroatoms. The van der Waals surface area contributed by atoms with Crippen molar-refractivity contribution >= 4 is 23.5 Å². The Kier molecular flexibility index (Phi) is 8.28. The smallest absolute Gasteiger partial charge is 0.318 e. The number of aryl methyl sites for hydroxylation is 2. The van der Waals surface area contributed by atoms with Crippen molar-refractivity contribution in [2.75, 3.05) is 31.1 Å². The van der Waals surface area contributed by atoms with Gasteiger partial charge in [-0.2, -0.15) is 0 Å². The SMILES string of the molecule is CCN(CC)C(=O)[C@@H]1CCCN1C(=O)NCc1ccc(C(=O)N2CCCCc3ccccc32)cc1C. The van der Waals surface area contributed by atoms with E-state index in [0.717, 1.165) is 49.0 Å². The van der Waals surface area contributed by atoms with Crippen molar-refractivity contribution in [2.24, 2.45) is 0 Å². The van der Waals surface area contributed by atoms with Gasteiger partial charge in [0.2, 0.25) is 5.91 Å². The number of likely N-dealkylation sites (N-methyl/N-ethyl adjacent to an activating group) is 1. The zero-order valence-electron chi connectivity index (χ0n) is 21.8. The van der Waals surface area contributed by atoms with Gasteiger partial charge in [-0.1, -0.05) is 24.3 Å². The Hall–Kier alpha value is -3.35. The third-order valence-electron chi connectivity index (χ3n) is 7.50. The van der Waals surface area contributed by atoms with Crippen LogP contribution in [0.15, 0.2) is 42.5 Å². The molecule has 0 aliphatic carbocycles. The van der Waals surface area contributed by atoms with Crippen LogP contribution in [-0.4, -0.2) is 59.9 Å². The molecule has 1 N–H and O–H groups in total. The number of rotatable bonds is 6. The van der Waals surface area contributed by atoms with E-state index in [0.29, 0.717) is 38.2 Å². The fraction of sp³-hybridized carbons (Fsp3) is 0.483. The molecule has 0 aromatic heterocycles. The molecule has 0 bridgehead atoms. The highest BCUT2D eigenvalue weighted by Gasteiger charge is 2.35. The number of urea groups is 1. The van der Waals surface area contributed by atoms with Gasteiger partial charge in [0.25, 0.3) is 5.91 Å². The Labute approximate surface area is 214 Å². The van der Waals surface area contributed by atoms with Gasteiger partial charge in [-0.25, -0.2) is 4.79 Å². The summed E-state index contributed by atoms with van der Waals surface area (Å²) in [6.07, 6.45) is 4.60. The number of carbonyl (C=O) groups excluding carboxylic acids is 3. The molecular weight excluding hydrogens is 452 g/mol. The van der Waals surface area contributed by atoms with Crippen molar-refractivity contribution in [3.63, 3.8) is 0 Å². The first-order chi connectivity index (χ1) is 17.4. The monoisotopic (exact) mass is 490 g/mol.